The summed E-state index contributed by atoms with van der Waals surface area (Å²) >= 11 is 0. The van der Waals surface area contributed by atoms with E-state index in [1.807, 2.05) is 0 Å². The summed E-state index contributed by atoms with van der Waals surface area (Å²) in [6, 6.07) is 21.8. The summed E-state index contributed by atoms with van der Waals surface area (Å²) in [5.74, 6) is 1.28. The molecule has 0 aliphatic carbocycles. The molecular formula is C23H34OSi. The van der Waals surface area contributed by atoms with Crippen LogP contribution in [0.3, 0.4) is 0 Å². The predicted octanol–water partition coefficient (Wildman–Crippen LogP) is 5.25. The second-order valence-corrected chi connectivity index (χ2v) is 13.0. The van der Waals surface area contributed by atoms with Crippen LogP contribution in [0.15, 0.2) is 60.7 Å². The van der Waals surface area contributed by atoms with Crippen molar-refractivity contribution in [2.75, 3.05) is 6.61 Å². The average molecular weight is 355 g/mol. The summed E-state index contributed by atoms with van der Waals surface area (Å²) in [6.07, 6.45) is 1.21. The molecule has 25 heavy (non-hydrogen) atoms. The first-order valence-corrected chi connectivity index (χ1v) is 11.4. The van der Waals surface area contributed by atoms with E-state index in [1.54, 1.807) is 0 Å². The van der Waals surface area contributed by atoms with Crippen molar-refractivity contribution in [2.45, 2.75) is 53.0 Å². The Bertz CT molecular complexity index is 589. The van der Waals surface area contributed by atoms with Gasteiger partial charge in [-0.05, 0) is 33.7 Å². The first kappa shape index (κ1) is 19.9. The lowest BCUT2D eigenvalue weighted by Crippen LogP contribution is -2.66. The monoisotopic (exact) mass is 354 g/mol. The smallest absolute Gasteiger partial charge is 0.261 e. The molecule has 0 saturated heterocycles. The van der Waals surface area contributed by atoms with Crippen LogP contribution in [0.1, 0.15) is 48.0 Å². The van der Waals surface area contributed by atoms with Gasteiger partial charge in [-0.15, -0.1) is 0 Å². The summed E-state index contributed by atoms with van der Waals surface area (Å²) in [4.78, 5) is 0. The molecule has 0 unspecified atom stereocenters. The van der Waals surface area contributed by atoms with E-state index in [1.165, 1.54) is 16.8 Å². The van der Waals surface area contributed by atoms with Crippen molar-refractivity contribution in [2.24, 2.45) is 11.8 Å². The Kier molecular flexibility index (Phi) is 6.64. The zero-order valence-electron chi connectivity index (χ0n) is 16.8. The summed E-state index contributed by atoms with van der Waals surface area (Å²) in [6.45, 7) is 14.7. The molecule has 0 aromatic heterocycles. The third-order valence-corrected chi connectivity index (χ3v) is 9.88. The lowest BCUT2D eigenvalue weighted by molar-refractivity contribution is 0.226. The quantitative estimate of drug-likeness (QED) is 0.617. The van der Waals surface area contributed by atoms with Crippen LogP contribution in [0.25, 0.3) is 0 Å². The zero-order chi connectivity index (χ0) is 18.5. The van der Waals surface area contributed by atoms with Crippen molar-refractivity contribution in [1.29, 1.82) is 0 Å². The molecule has 0 radical (unpaired) electrons. The SMILES string of the molecule is CC(C)C[C@H](C)CO[Si](c1ccccc1)(c1ccccc1)C(C)(C)C. The Balaban J connectivity index is 2.49. The van der Waals surface area contributed by atoms with Gasteiger partial charge in [0.1, 0.15) is 0 Å². The van der Waals surface area contributed by atoms with Gasteiger partial charge in [0, 0.05) is 6.61 Å². The van der Waals surface area contributed by atoms with Crippen LogP contribution in [0.4, 0.5) is 0 Å². The fraction of sp³-hybridized carbons (Fsp3) is 0.478. The Morgan fingerprint density at radius 2 is 1.24 bits per heavy atom. The lowest BCUT2D eigenvalue weighted by Gasteiger charge is -2.43. The molecule has 0 N–H and O–H groups in total. The maximum absolute atomic E-state index is 6.97. The average Bonchev–Trinajstić information content (AvgIpc) is 2.55. The minimum absolute atomic E-state index is 0.0628. The highest BCUT2D eigenvalue weighted by molar-refractivity contribution is 6.99. The molecule has 2 rings (SSSR count). The number of hydrogen-bond donors (Lipinski definition) is 0. The van der Waals surface area contributed by atoms with Gasteiger partial charge in [0.2, 0.25) is 0 Å². The fourth-order valence-corrected chi connectivity index (χ4v) is 8.59. The van der Waals surface area contributed by atoms with Crippen molar-refractivity contribution >= 4 is 18.7 Å². The molecule has 2 aromatic carbocycles. The second kappa shape index (κ2) is 8.33. The molecule has 1 nitrogen and oxygen atoms in total. The van der Waals surface area contributed by atoms with E-state index in [2.05, 4.69) is 102 Å². The molecule has 2 aromatic rings. The highest BCUT2D eigenvalue weighted by Crippen LogP contribution is 2.37. The third kappa shape index (κ3) is 4.62. The van der Waals surface area contributed by atoms with E-state index in [4.69, 9.17) is 4.43 Å². The minimum Gasteiger partial charge on any atom is -0.407 e. The number of benzene rings is 2. The molecule has 0 fully saturated rings. The summed E-state index contributed by atoms with van der Waals surface area (Å²) in [5, 5.41) is 2.80. The van der Waals surface area contributed by atoms with Gasteiger partial charge in [-0.1, -0.05) is 102 Å². The van der Waals surface area contributed by atoms with Crippen LogP contribution in [-0.2, 0) is 4.43 Å². The molecule has 1 atom stereocenters. The Hall–Kier alpha value is -1.38. The Morgan fingerprint density at radius 3 is 1.60 bits per heavy atom. The van der Waals surface area contributed by atoms with Gasteiger partial charge in [-0.25, -0.2) is 0 Å². The van der Waals surface area contributed by atoms with Crippen molar-refractivity contribution < 1.29 is 4.43 Å². The molecule has 2 heteroatoms. The van der Waals surface area contributed by atoms with Gasteiger partial charge in [0.15, 0.2) is 0 Å². The molecule has 0 bridgehead atoms. The van der Waals surface area contributed by atoms with Crippen LogP contribution in [-0.4, -0.2) is 14.9 Å². The predicted molar refractivity (Wildman–Crippen MR) is 112 cm³/mol. The summed E-state index contributed by atoms with van der Waals surface area (Å²) < 4.78 is 6.97. The van der Waals surface area contributed by atoms with Crippen molar-refractivity contribution in [3.05, 3.63) is 60.7 Å². The van der Waals surface area contributed by atoms with Crippen molar-refractivity contribution in [3.63, 3.8) is 0 Å². The normalized spacial score (nSPS) is 13.9. The van der Waals surface area contributed by atoms with Crippen LogP contribution < -0.4 is 10.4 Å². The van der Waals surface area contributed by atoms with E-state index in [0.717, 1.165) is 6.61 Å². The van der Waals surface area contributed by atoms with E-state index in [9.17, 15) is 0 Å². The van der Waals surface area contributed by atoms with Gasteiger partial charge in [0.25, 0.3) is 8.32 Å². The summed E-state index contributed by atoms with van der Waals surface area (Å²) in [5.41, 5.74) is 0. The molecule has 0 amide bonds. The Morgan fingerprint density at radius 1 is 0.800 bits per heavy atom. The standard InChI is InChI=1S/C23H34OSi/c1-19(2)17-20(3)18-24-25(23(4,5)6,21-13-9-7-10-14-21)22-15-11-8-12-16-22/h7-16,19-20H,17-18H2,1-6H3/t20-/m0/s1. The molecule has 0 saturated carbocycles. The van der Waals surface area contributed by atoms with Gasteiger partial charge in [-0.3, -0.25) is 0 Å². The van der Waals surface area contributed by atoms with Gasteiger partial charge in [0.05, 0.1) is 0 Å². The number of hydrogen-bond acceptors (Lipinski definition) is 1. The fourth-order valence-electron chi connectivity index (χ4n) is 3.90. The van der Waals surface area contributed by atoms with Crippen LogP contribution >= 0.6 is 0 Å². The van der Waals surface area contributed by atoms with Gasteiger partial charge >= 0.3 is 0 Å². The molecule has 0 aliphatic rings. The van der Waals surface area contributed by atoms with Crippen LogP contribution in [0, 0.1) is 11.8 Å². The van der Waals surface area contributed by atoms with Crippen molar-refractivity contribution in [3.8, 4) is 0 Å². The highest BCUT2D eigenvalue weighted by Gasteiger charge is 2.50. The highest BCUT2D eigenvalue weighted by atomic mass is 28.4. The minimum atomic E-state index is -2.36. The zero-order valence-corrected chi connectivity index (χ0v) is 17.8. The third-order valence-electron chi connectivity index (χ3n) is 4.87. The largest absolute Gasteiger partial charge is 0.407 e. The van der Waals surface area contributed by atoms with E-state index < -0.39 is 8.32 Å². The second-order valence-electron chi connectivity index (χ2n) is 8.71. The summed E-state index contributed by atoms with van der Waals surface area (Å²) in [7, 11) is -2.36. The van der Waals surface area contributed by atoms with Crippen LogP contribution in [0.2, 0.25) is 5.04 Å². The van der Waals surface area contributed by atoms with Crippen molar-refractivity contribution in [1.82, 2.24) is 0 Å². The lowest BCUT2D eigenvalue weighted by atomic mass is 10.0. The van der Waals surface area contributed by atoms with E-state index in [-0.39, 0.29) is 5.04 Å². The molecular weight excluding hydrogens is 320 g/mol. The van der Waals surface area contributed by atoms with Gasteiger partial charge < -0.3 is 4.43 Å². The molecule has 0 heterocycles. The first-order chi connectivity index (χ1) is 11.8. The van der Waals surface area contributed by atoms with Gasteiger partial charge in [-0.2, -0.15) is 0 Å². The maximum Gasteiger partial charge on any atom is 0.261 e. The molecule has 0 spiro atoms. The van der Waals surface area contributed by atoms with Crippen LogP contribution in [0.5, 0.6) is 0 Å². The molecule has 136 valence electrons. The number of rotatable bonds is 7. The Labute approximate surface area is 155 Å². The maximum atomic E-state index is 6.97. The van der Waals surface area contributed by atoms with E-state index in [0.29, 0.717) is 11.8 Å². The first-order valence-electron chi connectivity index (χ1n) is 9.52. The molecule has 0 aliphatic heterocycles. The van der Waals surface area contributed by atoms with E-state index >= 15 is 0 Å². The topological polar surface area (TPSA) is 9.23 Å².